The van der Waals surface area contributed by atoms with Gasteiger partial charge in [-0.05, 0) is 30.7 Å². The van der Waals surface area contributed by atoms with Crippen LogP contribution in [0.15, 0.2) is 42.6 Å². The molecule has 0 unspecified atom stereocenters. The Morgan fingerprint density at radius 2 is 2.00 bits per heavy atom. The van der Waals surface area contributed by atoms with E-state index < -0.39 is 0 Å². The van der Waals surface area contributed by atoms with Crippen LogP contribution in [0.5, 0.6) is 0 Å². The van der Waals surface area contributed by atoms with Gasteiger partial charge in [0.05, 0.1) is 17.6 Å². The summed E-state index contributed by atoms with van der Waals surface area (Å²) >= 11 is 6.16. The van der Waals surface area contributed by atoms with Gasteiger partial charge in [-0.15, -0.1) is 0 Å². The fourth-order valence-electron chi connectivity index (χ4n) is 1.87. The number of anilines is 1. The molecule has 4 heteroatoms. The fourth-order valence-corrected chi connectivity index (χ4v) is 2.06. The lowest BCUT2D eigenvalue weighted by Gasteiger charge is -2.20. The van der Waals surface area contributed by atoms with Gasteiger partial charge in [0, 0.05) is 24.7 Å². The summed E-state index contributed by atoms with van der Waals surface area (Å²) < 4.78 is 0. The Labute approximate surface area is 119 Å². The summed E-state index contributed by atoms with van der Waals surface area (Å²) in [6, 6.07) is 11.8. The number of halogens is 1. The Hall–Kier alpha value is -1.58. The molecule has 1 heterocycles. The maximum atomic E-state index is 6.16. The minimum absolute atomic E-state index is 0.0390. The largest absolute Gasteiger partial charge is 0.369 e. The number of pyridine rings is 1. The van der Waals surface area contributed by atoms with Crippen LogP contribution in [0.25, 0.3) is 0 Å². The van der Waals surface area contributed by atoms with Gasteiger partial charge in [-0.2, -0.15) is 0 Å². The Morgan fingerprint density at radius 3 is 2.58 bits per heavy atom. The van der Waals surface area contributed by atoms with E-state index in [1.54, 1.807) is 0 Å². The molecule has 100 valence electrons. The van der Waals surface area contributed by atoms with Crippen molar-refractivity contribution < 1.29 is 0 Å². The van der Waals surface area contributed by atoms with E-state index in [9.17, 15) is 0 Å². The lowest BCUT2D eigenvalue weighted by atomic mass is 10.2. The van der Waals surface area contributed by atoms with Crippen LogP contribution in [0, 0.1) is 0 Å². The number of hydrogen-bond acceptors (Lipinski definition) is 3. The molecule has 3 nitrogen and oxygen atoms in total. The molecule has 1 atom stereocenters. The predicted octanol–water partition coefficient (Wildman–Crippen LogP) is 3.39. The minimum atomic E-state index is -0.0390. The zero-order valence-corrected chi connectivity index (χ0v) is 11.9. The standard InChI is InChI=1S/C15H18ClN3/c1-11(17)15-8-7-13(9-18-15)19(2)10-12-5-3-4-6-14(12)16/h3-9,11H,10,17H2,1-2H3/t11-/m1/s1. The first kappa shape index (κ1) is 13.8. The molecule has 0 amide bonds. The molecule has 1 aromatic heterocycles. The molecule has 1 aromatic carbocycles. The van der Waals surface area contributed by atoms with Crippen LogP contribution < -0.4 is 10.6 Å². The summed E-state index contributed by atoms with van der Waals surface area (Å²) in [7, 11) is 2.02. The lowest BCUT2D eigenvalue weighted by Crippen LogP contribution is -2.17. The van der Waals surface area contributed by atoms with Crippen molar-refractivity contribution in [2.45, 2.75) is 19.5 Å². The van der Waals surface area contributed by atoms with Crippen LogP contribution in [0.2, 0.25) is 5.02 Å². The number of aromatic nitrogens is 1. The molecule has 0 fully saturated rings. The van der Waals surface area contributed by atoms with Crippen molar-refractivity contribution in [3.05, 3.63) is 58.9 Å². The highest BCUT2D eigenvalue weighted by Crippen LogP contribution is 2.20. The third kappa shape index (κ3) is 3.46. The van der Waals surface area contributed by atoms with E-state index >= 15 is 0 Å². The molecule has 0 aliphatic carbocycles. The molecular weight excluding hydrogens is 258 g/mol. The van der Waals surface area contributed by atoms with Gasteiger partial charge >= 0.3 is 0 Å². The van der Waals surface area contributed by atoms with Gasteiger partial charge in [-0.1, -0.05) is 29.8 Å². The third-order valence-electron chi connectivity index (χ3n) is 3.04. The molecule has 0 spiro atoms. The normalized spacial score (nSPS) is 12.2. The second kappa shape index (κ2) is 6.04. The van der Waals surface area contributed by atoms with Crippen molar-refractivity contribution in [1.29, 1.82) is 0 Å². The van der Waals surface area contributed by atoms with E-state index in [0.717, 1.165) is 28.5 Å². The van der Waals surface area contributed by atoms with Crippen molar-refractivity contribution >= 4 is 17.3 Å². The van der Waals surface area contributed by atoms with Crippen LogP contribution in [-0.4, -0.2) is 12.0 Å². The molecule has 0 saturated heterocycles. The highest BCUT2D eigenvalue weighted by Gasteiger charge is 2.06. The number of nitrogens with two attached hydrogens (primary N) is 1. The minimum Gasteiger partial charge on any atom is -0.369 e. The molecule has 0 radical (unpaired) electrons. The molecule has 0 saturated carbocycles. The highest BCUT2D eigenvalue weighted by atomic mass is 35.5. The summed E-state index contributed by atoms with van der Waals surface area (Å²) in [6.07, 6.45) is 1.84. The lowest BCUT2D eigenvalue weighted by molar-refractivity contribution is 0.779. The van der Waals surface area contributed by atoms with E-state index in [1.807, 2.05) is 56.6 Å². The van der Waals surface area contributed by atoms with Crippen LogP contribution in [0.1, 0.15) is 24.2 Å². The second-order valence-electron chi connectivity index (χ2n) is 4.68. The van der Waals surface area contributed by atoms with Gasteiger partial charge in [0.25, 0.3) is 0 Å². The maximum Gasteiger partial charge on any atom is 0.0569 e. The summed E-state index contributed by atoms with van der Waals surface area (Å²) in [5, 5.41) is 0.787. The summed E-state index contributed by atoms with van der Waals surface area (Å²) in [4.78, 5) is 6.47. The van der Waals surface area contributed by atoms with Gasteiger partial charge in [0.15, 0.2) is 0 Å². The quantitative estimate of drug-likeness (QED) is 0.930. The van der Waals surface area contributed by atoms with Crippen molar-refractivity contribution in [2.75, 3.05) is 11.9 Å². The maximum absolute atomic E-state index is 6.16. The number of rotatable bonds is 4. The van der Waals surface area contributed by atoms with E-state index in [4.69, 9.17) is 17.3 Å². The smallest absolute Gasteiger partial charge is 0.0569 e. The van der Waals surface area contributed by atoms with Gasteiger partial charge in [-0.3, -0.25) is 4.98 Å². The van der Waals surface area contributed by atoms with Crippen LogP contribution in [-0.2, 0) is 6.54 Å². The average Bonchev–Trinajstić information content (AvgIpc) is 2.41. The molecule has 0 aliphatic heterocycles. The first-order chi connectivity index (χ1) is 9.08. The average molecular weight is 276 g/mol. The highest BCUT2D eigenvalue weighted by molar-refractivity contribution is 6.31. The Kier molecular flexibility index (Phi) is 4.40. The Morgan fingerprint density at radius 1 is 1.26 bits per heavy atom. The van der Waals surface area contributed by atoms with E-state index in [1.165, 1.54) is 0 Å². The zero-order chi connectivity index (χ0) is 13.8. The van der Waals surface area contributed by atoms with Crippen molar-refractivity contribution in [1.82, 2.24) is 4.98 Å². The van der Waals surface area contributed by atoms with Crippen molar-refractivity contribution in [3.8, 4) is 0 Å². The first-order valence-corrected chi connectivity index (χ1v) is 6.62. The fraction of sp³-hybridized carbons (Fsp3) is 0.267. The van der Waals surface area contributed by atoms with Gasteiger partial charge in [0.1, 0.15) is 0 Å². The first-order valence-electron chi connectivity index (χ1n) is 6.24. The van der Waals surface area contributed by atoms with Gasteiger partial charge in [0.2, 0.25) is 0 Å². The van der Waals surface area contributed by atoms with Gasteiger partial charge in [-0.25, -0.2) is 0 Å². The van der Waals surface area contributed by atoms with Gasteiger partial charge < -0.3 is 10.6 Å². The van der Waals surface area contributed by atoms with Crippen LogP contribution in [0.3, 0.4) is 0 Å². The predicted molar refractivity (Wildman–Crippen MR) is 80.4 cm³/mol. The van der Waals surface area contributed by atoms with E-state index in [2.05, 4.69) is 9.88 Å². The van der Waals surface area contributed by atoms with Crippen molar-refractivity contribution in [3.63, 3.8) is 0 Å². The topological polar surface area (TPSA) is 42.1 Å². The number of nitrogens with zero attached hydrogens (tertiary/aromatic N) is 2. The third-order valence-corrected chi connectivity index (χ3v) is 3.41. The number of hydrogen-bond donors (Lipinski definition) is 1. The molecule has 2 rings (SSSR count). The SMILES string of the molecule is C[C@@H](N)c1ccc(N(C)Cc2ccccc2Cl)cn1. The summed E-state index contributed by atoms with van der Waals surface area (Å²) in [5.74, 6) is 0. The van der Waals surface area contributed by atoms with Crippen LogP contribution in [0.4, 0.5) is 5.69 Å². The van der Waals surface area contributed by atoms with E-state index in [0.29, 0.717) is 0 Å². The van der Waals surface area contributed by atoms with E-state index in [-0.39, 0.29) is 6.04 Å². The molecule has 2 N–H and O–H groups in total. The zero-order valence-electron chi connectivity index (χ0n) is 11.2. The number of benzene rings is 1. The second-order valence-corrected chi connectivity index (χ2v) is 5.08. The molecule has 0 aliphatic rings. The Balaban J connectivity index is 2.12. The molecule has 19 heavy (non-hydrogen) atoms. The van der Waals surface area contributed by atoms with Crippen LogP contribution >= 0.6 is 11.6 Å². The summed E-state index contributed by atoms with van der Waals surface area (Å²) in [6.45, 7) is 2.67. The molecule has 2 aromatic rings. The molecule has 0 bridgehead atoms. The van der Waals surface area contributed by atoms with Crippen molar-refractivity contribution in [2.24, 2.45) is 5.73 Å². The molecular formula is C15H18ClN3. The monoisotopic (exact) mass is 275 g/mol. The summed E-state index contributed by atoms with van der Waals surface area (Å²) in [5.41, 5.74) is 8.83. The Bertz CT molecular complexity index is 537.